The Balaban J connectivity index is 0.000000230. The molecule has 5 heteroatoms. The van der Waals surface area contributed by atoms with Crippen molar-refractivity contribution in [1.29, 1.82) is 0 Å². The first-order valence-corrected chi connectivity index (χ1v) is 14.2. The van der Waals surface area contributed by atoms with Crippen LogP contribution in [0.5, 0.6) is 0 Å². The van der Waals surface area contributed by atoms with E-state index in [9.17, 15) is 0 Å². The number of fused-ring (bicyclic) bond motifs is 1. The molecule has 0 aliphatic heterocycles. The Bertz CT molecular complexity index is 702. The van der Waals surface area contributed by atoms with E-state index in [1.807, 2.05) is 0 Å². The van der Waals surface area contributed by atoms with Crippen LogP contribution in [0.15, 0.2) is 4.47 Å². The van der Waals surface area contributed by atoms with Gasteiger partial charge in [-0.1, -0.05) is 34.6 Å². The van der Waals surface area contributed by atoms with E-state index in [-0.39, 0.29) is 16.8 Å². The van der Waals surface area contributed by atoms with E-state index >= 15 is 0 Å². The van der Waals surface area contributed by atoms with Crippen molar-refractivity contribution in [1.82, 2.24) is 9.19 Å². The van der Waals surface area contributed by atoms with E-state index in [4.69, 9.17) is 0 Å². The monoisotopic (exact) mass is 598 g/mol. The van der Waals surface area contributed by atoms with Gasteiger partial charge < -0.3 is 0 Å². The van der Waals surface area contributed by atoms with Crippen molar-refractivity contribution in [2.24, 2.45) is 0 Å². The first-order valence-electron chi connectivity index (χ1n) is 11.7. The zero-order valence-electron chi connectivity index (χ0n) is 20.0. The van der Waals surface area contributed by atoms with Gasteiger partial charge in [-0.2, -0.15) is 27.8 Å². The Morgan fingerprint density at radius 3 is 1.94 bits per heavy atom. The molecule has 0 atom stereocenters. The molecular formula is C26H39CoN2Se2-2. The van der Waals surface area contributed by atoms with Crippen LogP contribution >= 0.6 is 0 Å². The maximum absolute atomic E-state index is 4.19. The Hall–Kier alpha value is -0.0245. The summed E-state index contributed by atoms with van der Waals surface area (Å²) in [4.78, 5) is 0. The molecule has 2 nitrogen and oxygen atoms in total. The van der Waals surface area contributed by atoms with Crippen molar-refractivity contribution in [3.05, 3.63) is 48.5 Å². The molecule has 2 aromatic rings. The van der Waals surface area contributed by atoms with Crippen molar-refractivity contribution < 1.29 is 16.8 Å². The second-order valence-electron chi connectivity index (χ2n) is 8.70. The SMILES string of the molecule is C1CCCc2[se]nnc2CC1.Cc1c(C)c(C)[c-](C)c1C.[Co].[Se]C1=[C-]CCCCCC1. The molecule has 0 unspecified atom stereocenters. The van der Waals surface area contributed by atoms with E-state index in [1.54, 1.807) is 4.44 Å². The molecule has 0 saturated heterocycles. The van der Waals surface area contributed by atoms with Crippen LogP contribution < -0.4 is 0 Å². The Labute approximate surface area is 215 Å². The van der Waals surface area contributed by atoms with Gasteiger partial charge in [0, 0.05) is 16.8 Å². The molecule has 0 spiro atoms. The van der Waals surface area contributed by atoms with E-state index in [2.05, 4.69) is 65.9 Å². The number of rotatable bonds is 0. The van der Waals surface area contributed by atoms with Gasteiger partial charge in [-0.3, -0.25) is 0 Å². The van der Waals surface area contributed by atoms with Crippen molar-refractivity contribution in [3.8, 4) is 0 Å². The summed E-state index contributed by atoms with van der Waals surface area (Å²) in [5, 5.41) is 4.19. The minimum absolute atomic E-state index is 0. The van der Waals surface area contributed by atoms with Crippen LogP contribution in [0.2, 0.25) is 0 Å². The van der Waals surface area contributed by atoms with Gasteiger partial charge in [-0.05, 0) is 0 Å². The van der Waals surface area contributed by atoms with Gasteiger partial charge in [0.15, 0.2) is 0 Å². The van der Waals surface area contributed by atoms with Gasteiger partial charge in [-0.15, -0.1) is 0 Å². The molecule has 1 aromatic heterocycles. The fraction of sp³-hybridized carbons (Fsp3) is 0.654. The second kappa shape index (κ2) is 15.7. The number of aryl methyl sites for hydroxylation is 2. The van der Waals surface area contributed by atoms with Crippen molar-refractivity contribution in [2.45, 2.75) is 112 Å². The van der Waals surface area contributed by atoms with E-state index in [0.29, 0.717) is 14.7 Å². The third kappa shape index (κ3) is 9.78. The molecule has 1 heterocycles. The average molecular weight is 596 g/mol. The summed E-state index contributed by atoms with van der Waals surface area (Å²) < 4.78 is 7.06. The molecule has 2 aliphatic rings. The van der Waals surface area contributed by atoms with Crippen molar-refractivity contribution >= 4 is 30.7 Å². The summed E-state index contributed by atoms with van der Waals surface area (Å²) in [5.74, 6) is 0. The number of hydrogen-bond donors (Lipinski definition) is 0. The van der Waals surface area contributed by atoms with Gasteiger partial charge in [-0.25, -0.2) is 0 Å². The van der Waals surface area contributed by atoms with Gasteiger partial charge in [0.05, 0.1) is 0 Å². The molecule has 31 heavy (non-hydrogen) atoms. The standard InChI is InChI=1S/C10H15.C8H12N2Se.C8H12Se.Co/c1-6-7(2)9(4)10(5)8(6)3;1-2-4-6-8-7(5-3-1)9-10-11-8;9-8-6-4-2-1-3-5-7-8;/h1-5H3;1-6H2;1-6H2;/q-1;;-1;. The van der Waals surface area contributed by atoms with Crippen LogP contribution in [-0.4, -0.2) is 39.9 Å². The molecule has 176 valence electrons. The molecule has 2 radical (unpaired) electrons. The molecular weight excluding hydrogens is 557 g/mol. The predicted octanol–water partition coefficient (Wildman–Crippen LogP) is 6.33. The number of allylic oxidation sites excluding steroid dienone is 2. The topological polar surface area (TPSA) is 25.8 Å². The van der Waals surface area contributed by atoms with E-state index in [0.717, 1.165) is 0 Å². The van der Waals surface area contributed by atoms with Gasteiger partial charge in [0.1, 0.15) is 0 Å². The molecule has 4 rings (SSSR count). The summed E-state index contributed by atoms with van der Waals surface area (Å²) in [6.07, 6.45) is 19.2. The van der Waals surface area contributed by atoms with Gasteiger partial charge >= 0.3 is 138 Å². The third-order valence-corrected chi connectivity index (χ3v) is 9.13. The first kappa shape index (κ1) is 29.0. The van der Waals surface area contributed by atoms with Crippen molar-refractivity contribution in [2.75, 3.05) is 0 Å². The molecule has 2 aliphatic carbocycles. The van der Waals surface area contributed by atoms with Gasteiger partial charge in [0.2, 0.25) is 0 Å². The Morgan fingerprint density at radius 2 is 1.35 bits per heavy atom. The van der Waals surface area contributed by atoms with Crippen LogP contribution in [0.3, 0.4) is 0 Å². The minimum atomic E-state index is 0. The van der Waals surface area contributed by atoms with Crippen LogP contribution in [0, 0.1) is 40.7 Å². The molecule has 1 aromatic carbocycles. The molecule has 0 amide bonds. The summed E-state index contributed by atoms with van der Waals surface area (Å²) in [5.41, 5.74) is 8.68. The summed E-state index contributed by atoms with van der Waals surface area (Å²) >= 11 is 3.43. The van der Waals surface area contributed by atoms with Crippen LogP contribution in [0.1, 0.15) is 102 Å². The zero-order chi connectivity index (χ0) is 21.9. The predicted molar refractivity (Wildman–Crippen MR) is 131 cm³/mol. The molecule has 0 bridgehead atoms. The van der Waals surface area contributed by atoms with Crippen LogP contribution in [0.25, 0.3) is 0 Å². The molecule has 0 fully saturated rings. The van der Waals surface area contributed by atoms with Gasteiger partial charge in [0.25, 0.3) is 0 Å². The molecule has 0 saturated carbocycles. The maximum atomic E-state index is 4.19. The summed E-state index contributed by atoms with van der Waals surface area (Å²) in [6, 6.07) is 0. The normalized spacial score (nSPS) is 16.4. The van der Waals surface area contributed by atoms with Crippen LogP contribution in [0.4, 0.5) is 0 Å². The quantitative estimate of drug-likeness (QED) is 0.263. The summed E-state index contributed by atoms with van der Waals surface area (Å²) in [6.45, 7) is 11.0. The number of aromatic nitrogens is 2. The zero-order valence-corrected chi connectivity index (χ0v) is 24.5. The first-order chi connectivity index (χ1) is 14.4. The Kier molecular flexibility index (Phi) is 14.7. The third-order valence-electron chi connectivity index (χ3n) is 6.67. The fourth-order valence-electron chi connectivity index (χ4n) is 4.02. The van der Waals surface area contributed by atoms with Crippen molar-refractivity contribution in [3.63, 3.8) is 0 Å². The fourth-order valence-corrected chi connectivity index (χ4v) is 6.06. The number of nitrogens with zero attached hydrogens (tertiary/aromatic N) is 2. The van der Waals surface area contributed by atoms with E-state index in [1.165, 1.54) is 115 Å². The average Bonchev–Trinajstić information content (AvgIpc) is 3.20. The number of hydrogen-bond acceptors (Lipinski definition) is 2. The van der Waals surface area contributed by atoms with Crippen LogP contribution in [-0.2, 0) is 29.6 Å². The van der Waals surface area contributed by atoms with E-state index < -0.39 is 0 Å². The molecule has 0 N–H and O–H groups in total. The second-order valence-corrected chi connectivity index (χ2v) is 11.5. The summed E-state index contributed by atoms with van der Waals surface area (Å²) in [7, 11) is 0. The Morgan fingerprint density at radius 1 is 0.806 bits per heavy atom.